The van der Waals surface area contributed by atoms with Gasteiger partial charge in [0.2, 0.25) is 5.95 Å². The fourth-order valence-electron chi connectivity index (χ4n) is 1.35. The number of imidazole rings is 1. The van der Waals surface area contributed by atoms with Crippen molar-refractivity contribution >= 4 is 11.6 Å². The Kier molecular flexibility index (Phi) is 2.41. The lowest BCUT2D eigenvalue weighted by molar-refractivity contribution is 0.619. The highest BCUT2D eigenvalue weighted by Gasteiger charge is 2.04. The Bertz CT molecular complexity index is 476. The van der Waals surface area contributed by atoms with Crippen molar-refractivity contribution in [3.63, 3.8) is 0 Å². The lowest BCUT2D eigenvalue weighted by atomic mass is 10.2. The average Bonchev–Trinajstić information content (AvgIpc) is 2.59. The number of aryl methyl sites for hydroxylation is 1. The lowest BCUT2D eigenvalue weighted by Crippen LogP contribution is -1.96. The molecule has 1 aromatic carbocycles. The molecule has 0 amide bonds. The molecule has 0 aliphatic carbocycles. The van der Waals surface area contributed by atoms with Crippen LogP contribution in [0.2, 0.25) is 0 Å². The molecule has 0 aliphatic rings. The number of aromatic nitrogens is 2. The van der Waals surface area contributed by atoms with Gasteiger partial charge in [-0.2, -0.15) is 0 Å². The van der Waals surface area contributed by atoms with E-state index in [2.05, 4.69) is 15.3 Å². The second kappa shape index (κ2) is 3.73. The van der Waals surface area contributed by atoms with Crippen LogP contribution in [0, 0.1) is 19.7 Å². The summed E-state index contributed by atoms with van der Waals surface area (Å²) in [7, 11) is 0. The van der Waals surface area contributed by atoms with Gasteiger partial charge >= 0.3 is 0 Å². The van der Waals surface area contributed by atoms with E-state index in [1.54, 1.807) is 19.2 Å². The molecule has 15 heavy (non-hydrogen) atoms. The Morgan fingerprint density at radius 3 is 2.80 bits per heavy atom. The number of anilines is 2. The van der Waals surface area contributed by atoms with E-state index in [4.69, 9.17) is 0 Å². The Labute approximate surface area is 87.4 Å². The predicted octanol–water partition coefficient (Wildman–Crippen LogP) is 2.91. The van der Waals surface area contributed by atoms with E-state index in [0.717, 1.165) is 11.4 Å². The first-order valence-electron chi connectivity index (χ1n) is 4.70. The van der Waals surface area contributed by atoms with E-state index in [1.165, 1.54) is 6.07 Å². The first-order chi connectivity index (χ1) is 7.16. The summed E-state index contributed by atoms with van der Waals surface area (Å²) in [5, 5.41) is 3.03. The molecule has 0 saturated carbocycles. The van der Waals surface area contributed by atoms with Gasteiger partial charge in [-0.3, -0.25) is 0 Å². The van der Waals surface area contributed by atoms with Gasteiger partial charge in [0.05, 0.1) is 0 Å². The Balaban J connectivity index is 2.28. The summed E-state index contributed by atoms with van der Waals surface area (Å²) in [6.07, 6.45) is 1.72. The summed E-state index contributed by atoms with van der Waals surface area (Å²) in [6.45, 7) is 3.64. The Morgan fingerprint density at radius 1 is 1.33 bits per heavy atom. The molecule has 2 N–H and O–H groups in total. The smallest absolute Gasteiger partial charge is 0.204 e. The van der Waals surface area contributed by atoms with Crippen LogP contribution in [0.25, 0.3) is 0 Å². The molecule has 0 bridgehead atoms. The first kappa shape index (κ1) is 9.71. The maximum absolute atomic E-state index is 13.2. The number of hydrogen-bond acceptors (Lipinski definition) is 2. The van der Waals surface area contributed by atoms with E-state index in [-0.39, 0.29) is 5.82 Å². The Morgan fingerprint density at radius 2 is 2.13 bits per heavy atom. The van der Waals surface area contributed by atoms with Crippen LogP contribution in [0.15, 0.2) is 24.4 Å². The fourth-order valence-corrected chi connectivity index (χ4v) is 1.35. The van der Waals surface area contributed by atoms with E-state index in [1.807, 2.05) is 13.0 Å². The number of benzene rings is 1. The van der Waals surface area contributed by atoms with Gasteiger partial charge in [0.25, 0.3) is 0 Å². The van der Waals surface area contributed by atoms with Crippen molar-refractivity contribution in [1.82, 2.24) is 9.97 Å². The molecule has 3 nitrogen and oxygen atoms in total. The highest BCUT2D eigenvalue weighted by atomic mass is 19.1. The number of aromatic amines is 1. The summed E-state index contributed by atoms with van der Waals surface area (Å²) in [4.78, 5) is 7.12. The number of halogens is 1. The molecule has 1 heterocycles. The molecule has 0 spiro atoms. The SMILES string of the molecule is Cc1cnc(Nc2cccc(F)c2C)[nH]1. The zero-order chi connectivity index (χ0) is 10.8. The minimum absolute atomic E-state index is 0.219. The van der Waals surface area contributed by atoms with Crippen LogP contribution in [0.1, 0.15) is 11.3 Å². The third-order valence-electron chi connectivity index (χ3n) is 2.22. The average molecular weight is 205 g/mol. The van der Waals surface area contributed by atoms with Gasteiger partial charge in [-0.1, -0.05) is 6.07 Å². The van der Waals surface area contributed by atoms with Crippen molar-refractivity contribution in [3.05, 3.63) is 41.5 Å². The van der Waals surface area contributed by atoms with Crippen molar-refractivity contribution < 1.29 is 4.39 Å². The molecular formula is C11H12FN3. The minimum Gasteiger partial charge on any atom is -0.328 e. The zero-order valence-electron chi connectivity index (χ0n) is 8.63. The quantitative estimate of drug-likeness (QED) is 0.791. The third kappa shape index (κ3) is 1.98. The molecule has 0 radical (unpaired) electrons. The van der Waals surface area contributed by atoms with Gasteiger partial charge in [0.1, 0.15) is 5.82 Å². The van der Waals surface area contributed by atoms with Crippen LogP contribution >= 0.6 is 0 Å². The highest BCUT2D eigenvalue weighted by Crippen LogP contribution is 2.20. The number of hydrogen-bond donors (Lipinski definition) is 2. The molecule has 2 rings (SSSR count). The molecule has 4 heteroatoms. The van der Waals surface area contributed by atoms with Crippen LogP contribution in [-0.2, 0) is 0 Å². The van der Waals surface area contributed by atoms with Gasteiger partial charge in [-0.15, -0.1) is 0 Å². The summed E-state index contributed by atoms with van der Waals surface area (Å²) in [5.41, 5.74) is 2.28. The monoisotopic (exact) mass is 205 g/mol. The molecule has 0 aliphatic heterocycles. The molecule has 0 atom stereocenters. The van der Waals surface area contributed by atoms with E-state index in [0.29, 0.717) is 11.5 Å². The van der Waals surface area contributed by atoms with Gasteiger partial charge < -0.3 is 10.3 Å². The second-order valence-corrected chi connectivity index (χ2v) is 3.45. The summed E-state index contributed by atoms with van der Waals surface area (Å²) in [5.74, 6) is 0.407. The summed E-state index contributed by atoms with van der Waals surface area (Å²) in [6, 6.07) is 4.92. The van der Waals surface area contributed by atoms with Crippen LogP contribution < -0.4 is 5.32 Å². The Hall–Kier alpha value is -1.84. The largest absolute Gasteiger partial charge is 0.328 e. The fraction of sp³-hybridized carbons (Fsp3) is 0.182. The van der Waals surface area contributed by atoms with Gasteiger partial charge in [-0.05, 0) is 26.0 Å². The molecule has 0 saturated heterocycles. The highest BCUT2D eigenvalue weighted by molar-refractivity contribution is 5.58. The predicted molar refractivity (Wildman–Crippen MR) is 57.7 cm³/mol. The van der Waals surface area contributed by atoms with Crippen LogP contribution in [0.4, 0.5) is 16.0 Å². The number of rotatable bonds is 2. The van der Waals surface area contributed by atoms with Crippen LogP contribution in [0.3, 0.4) is 0 Å². The van der Waals surface area contributed by atoms with E-state index in [9.17, 15) is 4.39 Å². The lowest BCUT2D eigenvalue weighted by Gasteiger charge is -2.06. The van der Waals surface area contributed by atoms with Gasteiger partial charge in [-0.25, -0.2) is 9.37 Å². The normalized spacial score (nSPS) is 10.3. The van der Waals surface area contributed by atoms with E-state index >= 15 is 0 Å². The molecule has 1 aromatic heterocycles. The molecule has 78 valence electrons. The second-order valence-electron chi connectivity index (χ2n) is 3.45. The van der Waals surface area contributed by atoms with Crippen LogP contribution in [0.5, 0.6) is 0 Å². The topological polar surface area (TPSA) is 40.7 Å². The number of nitrogens with zero attached hydrogens (tertiary/aromatic N) is 1. The number of nitrogens with one attached hydrogen (secondary N) is 2. The standard InChI is InChI=1S/C11H12FN3/c1-7-6-13-11(14-7)15-10-5-3-4-9(12)8(10)2/h3-6H,1-2H3,(H2,13,14,15). The summed E-state index contributed by atoms with van der Waals surface area (Å²) >= 11 is 0. The maximum Gasteiger partial charge on any atom is 0.204 e. The van der Waals surface area contributed by atoms with Crippen molar-refractivity contribution in [2.24, 2.45) is 0 Å². The third-order valence-corrected chi connectivity index (χ3v) is 2.22. The van der Waals surface area contributed by atoms with Crippen molar-refractivity contribution in [3.8, 4) is 0 Å². The first-order valence-corrected chi connectivity index (χ1v) is 4.70. The number of H-pyrrole nitrogens is 1. The summed E-state index contributed by atoms with van der Waals surface area (Å²) < 4.78 is 13.2. The van der Waals surface area contributed by atoms with Crippen molar-refractivity contribution in [1.29, 1.82) is 0 Å². The molecule has 0 fully saturated rings. The molecular weight excluding hydrogens is 193 g/mol. The van der Waals surface area contributed by atoms with E-state index < -0.39 is 0 Å². The molecule has 2 aromatic rings. The maximum atomic E-state index is 13.2. The minimum atomic E-state index is -0.219. The zero-order valence-corrected chi connectivity index (χ0v) is 8.63. The van der Waals surface area contributed by atoms with Gasteiger partial charge in [0, 0.05) is 23.1 Å². The van der Waals surface area contributed by atoms with Crippen molar-refractivity contribution in [2.75, 3.05) is 5.32 Å². The van der Waals surface area contributed by atoms with Crippen LogP contribution in [-0.4, -0.2) is 9.97 Å². The molecule has 0 unspecified atom stereocenters. The van der Waals surface area contributed by atoms with Gasteiger partial charge in [0.15, 0.2) is 0 Å². The van der Waals surface area contributed by atoms with Crippen molar-refractivity contribution in [2.45, 2.75) is 13.8 Å².